The van der Waals surface area contributed by atoms with Gasteiger partial charge in [-0.25, -0.2) is 9.78 Å². The highest BCUT2D eigenvalue weighted by molar-refractivity contribution is 8.00. The Morgan fingerprint density at radius 1 is 1.24 bits per heavy atom. The molecule has 0 spiro atoms. The summed E-state index contributed by atoms with van der Waals surface area (Å²) in [6.45, 7) is 5.52. The molecule has 1 amide bonds. The molecule has 0 unspecified atom stereocenters. The number of hydrogen-bond acceptors (Lipinski definition) is 7. The number of nitrogens with one attached hydrogen (secondary N) is 1. The third-order valence-electron chi connectivity index (χ3n) is 6.35. The number of ether oxygens (including phenoxy) is 1. The van der Waals surface area contributed by atoms with Gasteiger partial charge in [0.25, 0.3) is 0 Å². The number of rotatable bonds is 7. The van der Waals surface area contributed by atoms with E-state index >= 15 is 0 Å². The molecule has 1 N–H and O–H groups in total. The van der Waals surface area contributed by atoms with E-state index in [-0.39, 0.29) is 18.2 Å². The average molecular weight is 488 g/mol. The Labute approximate surface area is 204 Å². The molecule has 1 saturated heterocycles. The van der Waals surface area contributed by atoms with Crippen molar-refractivity contribution in [3.05, 3.63) is 29.4 Å². The van der Waals surface area contributed by atoms with E-state index in [0.717, 1.165) is 56.2 Å². The van der Waals surface area contributed by atoms with Crippen LogP contribution in [0, 0.1) is 0 Å². The molecule has 1 aliphatic heterocycles. The van der Waals surface area contributed by atoms with Crippen LogP contribution in [0.15, 0.2) is 29.3 Å². The molecule has 0 atom stereocenters. The molecule has 1 aromatic heterocycles. The van der Waals surface area contributed by atoms with Crippen LogP contribution in [0.2, 0.25) is 0 Å². The van der Waals surface area contributed by atoms with Crippen molar-refractivity contribution < 1.29 is 14.4 Å². The summed E-state index contributed by atoms with van der Waals surface area (Å²) >= 11 is 3.84. The SMILES string of the molecule is CC(C)OC(=O)N[C@H]1CC[C@H](c2ncc(-c3ccc(N4CCCO4)cc3SC3CC3)s2)CC1. The van der Waals surface area contributed by atoms with E-state index in [9.17, 15) is 4.79 Å². The Morgan fingerprint density at radius 2 is 2.06 bits per heavy atom. The van der Waals surface area contributed by atoms with Crippen LogP contribution in [0.4, 0.5) is 10.5 Å². The summed E-state index contributed by atoms with van der Waals surface area (Å²) in [5.41, 5.74) is 2.45. The molecule has 2 aliphatic carbocycles. The lowest BCUT2D eigenvalue weighted by atomic mass is 9.86. The molecule has 2 aromatic rings. The predicted molar refractivity (Wildman–Crippen MR) is 134 cm³/mol. The van der Waals surface area contributed by atoms with Crippen molar-refractivity contribution in [2.75, 3.05) is 18.2 Å². The van der Waals surface area contributed by atoms with Crippen LogP contribution in [-0.4, -0.2) is 41.6 Å². The van der Waals surface area contributed by atoms with Crippen LogP contribution >= 0.6 is 23.1 Å². The van der Waals surface area contributed by atoms with Crippen molar-refractivity contribution in [1.29, 1.82) is 0 Å². The molecule has 3 aliphatic rings. The first-order valence-corrected chi connectivity index (χ1v) is 13.9. The highest BCUT2D eigenvalue weighted by Gasteiger charge is 2.28. The van der Waals surface area contributed by atoms with Crippen LogP contribution in [-0.2, 0) is 9.57 Å². The zero-order valence-electron chi connectivity index (χ0n) is 19.4. The van der Waals surface area contributed by atoms with Crippen LogP contribution in [0.3, 0.4) is 0 Å². The zero-order valence-corrected chi connectivity index (χ0v) is 21.1. The molecule has 1 aromatic carbocycles. The van der Waals surface area contributed by atoms with E-state index < -0.39 is 0 Å². The van der Waals surface area contributed by atoms with Crippen LogP contribution in [0.25, 0.3) is 10.4 Å². The van der Waals surface area contributed by atoms with Gasteiger partial charge in [-0.2, -0.15) is 0 Å². The number of thioether (sulfide) groups is 1. The van der Waals surface area contributed by atoms with Crippen molar-refractivity contribution in [1.82, 2.24) is 10.3 Å². The number of hydroxylamine groups is 1. The molecule has 0 bridgehead atoms. The number of nitrogens with zero attached hydrogens (tertiary/aromatic N) is 2. The monoisotopic (exact) mass is 487 g/mol. The second kappa shape index (κ2) is 10.2. The van der Waals surface area contributed by atoms with E-state index in [4.69, 9.17) is 14.6 Å². The lowest BCUT2D eigenvalue weighted by Gasteiger charge is -2.28. The maximum Gasteiger partial charge on any atom is 0.407 e. The van der Waals surface area contributed by atoms with Crippen LogP contribution in [0.5, 0.6) is 0 Å². The number of thiazole rings is 1. The molecule has 3 fully saturated rings. The highest BCUT2D eigenvalue weighted by Crippen LogP contribution is 2.46. The van der Waals surface area contributed by atoms with Gasteiger partial charge in [0, 0.05) is 40.4 Å². The Kier molecular flexibility index (Phi) is 7.13. The van der Waals surface area contributed by atoms with Gasteiger partial charge in [-0.3, -0.25) is 9.90 Å². The average Bonchev–Trinajstić information content (AvgIpc) is 3.25. The number of anilines is 1. The first-order valence-electron chi connectivity index (χ1n) is 12.2. The van der Waals surface area contributed by atoms with E-state index in [0.29, 0.717) is 5.92 Å². The standard InChI is InChI=1S/C25H33N3O3S2/c1-16(2)31-25(29)27-18-6-4-17(5-7-18)24-26-15-23(33-24)21-11-8-19(28-12-3-13-30-28)14-22(21)32-20-9-10-20/h8,11,14-18,20H,3-7,9-10,12-13H2,1-2H3,(H,27,29)/t17-,18-. The van der Waals surface area contributed by atoms with Crippen molar-refractivity contribution in [3.8, 4) is 10.4 Å². The Morgan fingerprint density at radius 3 is 2.76 bits per heavy atom. The van der Waals surface area contributed by atoms with Gasteiger partial charge in [0.15, 0.2) is 0 Å². The van der Waals surface area contributed by atoms with Gasteiger partial charge in [0.05, 0.1) is 28.3 Å². The molecular weight excluding hydrogens is 454 g/mol. The molecule has 8 heteroatoms. The van der Waals surface area contributed by atoms with E-state index in [1.807, 2.05) is 42.0 Å². The fourth-order valence-corrected chi connectivity index (χ4v) is 6.90. The van der Waals surface area contributed by atoms with Crippen molar-refractivity contribution in [3.63, 3.8) is 0 Å². The third-order valence-corrected chi connectivity index (χ3v) is 8.94. The van der Waals surface area contributed by atoms with Gasteiger partial charge in [0.1, 0.15) is 0 Å². The summed E-state index contributed by atoms with van der Waals surface area (Å²) in [6, 6.07) is 6.94. The number of aromatic nitrogens is 1. The van der Waals surface area contributed by atoms with Crippen molar-refractivity contribution >= 4 is 34.9 Å². The van der Waals surface area contributed by atoms with Gasteiger partial charge >= 0.3 is 6.09 Å². The third kappa shape index (κ3) is 5.84. The van der Waals surface area contributed by atoms with Crippen LogP contribution in [0.1, 0.15) is 69.7 Å². The number of amides is 1. The van der Waals surface area contributed by atoms with Gasteiger partial charge < -0.3 is 10.1 Å². The van der Waals surface area contributed by atoms with E-state index in [2.05, 4.69) is 29.7 Å². The Bertz CT molecular complexity index is 962. The van der Waals surface area contributed by atoms with Crippen molar-refractivity contribution in [2.24, 2.45) is 0 Å². The maximum atomic E-state index is 11.9. The minimum absolute atomic E-state index is 0.0880. The smallest absolute Gasteiger partial charge is 0.407 e. The number of benzene rings is 1. The lowest BCUT2D eigenvalue weighted by molar-refractivity contribution is 0.109. The molecule has 6 nitrogen and oxygen atoms in total. The minimum Gasteiger partial charge on any atom is -0.447 e. The molecule has 5 rings (SSSR count). The summed E-state index contributed by atoms with van der Waals surface area (Å²) in [7, 11) is 0. The quantitative estimate of drug-likeness (QED) is 0.490. The predicted octanol–water partition coefficient (Wildman–Crippen LogP) is 6.37. The first kappa shape index (κ1) is 23.0. The number of alkyl carbamates (subject to hydrolysis) is 1. The van der Waals surface area contributed by atoms with E-state index in [1.165, 1.54) is 33.2 Å². The minimum atomic E-state index is -0.298. The van der Waals surface area contributed by atoms with Crippen LogP contribution < -0.4 is 10.4 Å². The van der Waals surface area contributed by atoms with Gasteiger partial charge in [-0.15, -0.1) is 23.1 Å². The fraction of sp³-hybridized carbons (Fsp3) is 0.600. The topological polar surface area (TPSA) is 63.7 Å². The summed E-state index contributed by atoms with van der Waals surface area (Å²) in [4.78, 5) is 25.1. The number of carbonyl (C=O) groups excluding carboxylic acids is 1. The second-order valence-corrected chi connectivity index (χ2v) is 11.9. The Balaban J connectivity index is 1.25. The number of carbonyl (C=O) groups is 1. The largest absolute Gasteiger partial charge is 0.447 e. The highest BCUT2D eigenvalue weighted by atomic mass is 32.2. The van der Waals surface area contributed by atoms with E-state index in [1.54, 1.807) is 0 Å². The summed E-state index contributed by atoms with van der Waals surface area (Å²) in [5, 5.41) is 7.02. The lowest BCUT2D eigenvalue weighted by Crippen LogP contribution is -2.38. The summed E-state index contributed by atoms with van der Waals surface area (Å²) in [5.74, 6) is 0.472. The molecule has 2 saturated carbocycles. The number of hydrogen-bond donors (Lipinski definition) is 1. The molecule has 0 radical (unpaired) electrons. The summed E-state index contributed by atoms with van der Waals surface area (Å²) in [6.07, 6.45) is 9.42. The molecular formula is C25H33N3O3S2. The summed E-state index contributed by atoms with van der Waals surface area (Å²) < 4.78 is 5.23. The second-order valence-electron chi connectivity index (χ2n) is 9.50. The Hall–Kier alpha value is -1.77. The first-order chi connectivity index (χ1) is 16.0. The zero-order chi connectivity index (χ0) is 22.8. The normalized spacial score (nSPS) is 23.2. The van der Waals surface area contributed by atoms with Gasteiger partial charge in [-0.1, -0.05) is 6.07 Å². The fourth-order valence-electron chi connectivity index (χ4n) is 4.48. The van der Waals surface area contributed by atoms with Gasteiger partial charge in [-0.05, 0) is 70.9 Å². The van der Waals surface area contributed by atoms with Gasteiger partial charge in [0.2, 0.25) is 0 Å². The van der Waals surface area contributed by atoms with Crippen molar-refractivity contribution in [2.45, 2.75) is 87.0 Å². The molecule has 2 heterocycles. The molecule has 33 heavy (non-hydrogen) atoms. The molecule has 178 valence electrons. The maximum absolute atomic E-state index is 11.9.